The number of benzene rings is 4. The normalized spacial score (nSPS) is 11.4. The Labute approximate surface area is 227 Å². The molecule has 0 aliphatic rings. The summed E-state index contributed by atoms with van der Waals surface area (Å²) in [5.41, 5.74) is 2.33. The Kier molecular flexibility index (Phi) is 8.43. The van der Waals surface area contributed by atoms with Crippen LogP contribution in [0.1, 0.15) is 21.5 Å². The van der Waals surface area contributed by atoms with E-state index in [4.69, 9.17) is 8.92 Å². The standard InChI is InChI=1S/C30H26N2O6S/c1-21-8-18-27(19-9-21)39(35,36)38-26-14-10-22(11-15-26)20-28(32-29(33)23-6-4-3-5-7-23)30(34)31-24-12-16-25(37-2)17-13-24/h3-20H,1-2H3,(H,31,34)(H,32,33)/b28-20+. The Hall–Kier alpha value is -4.89. The molecular weight excluding hydrogens is 516 g/mol. The predicted octanol–water partition coefficient (Wildman–Crippen LogP) is 5.18. The lowest BCUT2D eigenvalue weighted by atomic mass is 10.1. The highest BCUT2D eigenvalue weighted by molar-refractivity contribution is 7.87. The summed E-state index contributed by atoms with van der Waals surface area (Å²) in [4.78, 5) is 26.0. The Morgan fingerprint density at radius 2 is 1.38 bits per heavy atom. The second kappa shape index (κ2) is 12.1. The van der Waals surface area contributed by atoms with E-state index in [0.29, 0.717) is 22.6 Å². The number of anilines is 1. The SMILES string of the molecule is COc1ccc(NC(=O)/C(=C\c2ccc(OS(=O)(=O)c3ccc(C)cc3)cc2)NC(=O)c2ccccc2)cc1. The zero-order valence-corrected chi connectivity index (χ0v) is 22.1. The van der Waals surface area contributed by atoms with Gasteiger partial charge in [0.05, 0.1) is 7.11 Å². The molecule has 0 spiro atoms. The molecule has 0 radical (unpaired) electrons. The number of hydrogen-bond acceptors (Lipinski definition) is 6. The van der Waals surface area contributed by atoms with E-state index in [1.54, 1.807) is 86.0 Å². The Balaban J connectivity index is 1.56. The predicted molar refractivity (Wildman–Crippen MR) is 149 cm³/mol. The number of ether oxygens (including phenoxy) is 1. The van der Waals surface area contributed by atoms with Gasteiger partial charge < -0.3 is 19.6 Å². The molecular formula is C30H26N2O6S. The van der Waals surface area contributed by atoms with Crippen LogP contribution in [0.4, 0.5) is 5.69 Å². The smallest absolute Gasteiger partial charge is 0.339 e. The number of nitrogens with one attached hydrogen (secondary N) is 2. The molecule has 0 aliphatic heterocycles. The summed E-state index contributed by atoms with van der Waals surface area (Å²) in [6, 6.07) is 27.7. The molecule has 4 aromatic rings. The molecule has 0 bridgehead atoms. The molecule has 2 N–H and O–H groups in total. The molecule has 9 heteroatoms. The summed E-state index contributed by atoms with van der Waals surface area (Å²) >= 11 is 0. The van der Waals surface area contributed by atoms with Crippen LogP contribution in [0, 0.1) is 6.92 Å². The maximum atomic E-state index is 13.1. The molecule has 0 aromatic heterocycles. The van der Waals surface area contributed by atoms with Gasteiger partial charge in [0.25, 0.3) is 11.8 Å². The molecule has 0 fully saturated rings. The summed E-state index contributed by atoms with van der Waals surface area (Å²) in [7, 11) is -2.47. The molecule has 198 valence electrons. The summed E-state index contributed by atoms with van der Waals surface area (Å²) in [5, 5.41) is 5.41. The number of methoxy groups -OCH3 is 1. The molecule has 2 amide bonds. The minimum absolute atomic E-state index is 0.0133. The quantitative estimate of drug-likeness (QED) is 0.223. The van der Waals surface area contributed by atoms with Crippen molar-refractivity contribution in [2.24, 2.45) is 0 Å². The van der Waals surface area contributed by atoms with E-state index in [9.17, 15) is 18.0 Å². The molecule has 0 saturated heterocycles. The molecule has 39 heavy (non-hydrogen) atoms. The van der Waals surface area contributed by atoms with E-state index < -0.39 is 21.9 Å². The van der Waals surface area contributed by atoms with Crippen LogP contribution in [-0.2, 0) is 14.9 Å². The fourth-order valence-corrected chi connectivity index (χ4v) is 4.41. The van der Waals surface area contributed by atoms with Gasteiger partial charge in [-0.05, 0) is 79.2 Å². The summed E-state index contributed by atoms with van der Waals surface area (Å²) in [6.45, 7) is 1.86. The van der Waals surface area contributed by atoms with E-state index in [1.807, 2.05) is 6.92 Å². The minimum atomic E-state index is -4.01. The third-order valence-electron chi connectivity index (χ3n) is 5.58. The molecule has 0 aliphatic carbocycles. The van der Waals surface area contributed by atoms with Crippen molar-refractivity contribution >= 4 is 33.7 Å². The van der Waals surface area contributed by atoms with Crippen molar-refractivity contribution in [1.29, 1.82) is 0 Å². The Morgan fingerprint density at radius 3 is 2.00 bits per heavy atom. The Morgan fingerprint density at radius 1 is 0.769 bits per heavy atom. The first-order chi connectivity index (χ1) is 18.7. The van der Waals surface area contributed by atoms with E-state index in [2.05, 4.69) is 10.6 Å². The van der Waals surface area contributed by atoms with Gasteiger partial charge >= 0.3 is 10.1 Å². The second-order valence-corrected chi connectivity index (χ2v) is 10.0. The first-order valence-electron chi connectivity index (χ1n) is 11.9. The lowest BCUT2D eigenvalue weighted by molar-refractivity contribution is -0.113. The molecule has 8 nitrogen and oxygen atoms in total. The molecule has 0 unspecified atom stereocenters. The van der Waals surface area contributed by atoms with Gasteiger partial charge in [-0.15, -0.1) is 0 Å². The van der Waals surface area contributed by atoms with Gasteiger partial charge in [0, 0.05) is 11.3 Å². The van der Waals surface area contributed by atoms with Crippen molar-refractivity contribution in [3.63, 3.8) is 0 Å². The highest BCUT2D eigenvalue weighted by Gasteiger charge is 2.17. The minimum Gasteiger partial charge on any atom is -0.497 e. The van der Waals surface area contributed by atoms with Gasteiger partial charge in [-0.3, -0.25) is 9.59 Å². The number of aryl methyl sites for hydroxylation is 1. The van der Waals surface area contributed by atoms with Gasteiger partial charge in [-0.2, -0.15) is 8.42 Å². The van der Waals surface area contributed by atoms with Crippen LogP contribution in [0.25, 0.3) is 6.08 Å². The zero-order chi connectivity index (χ0) is 27.8. The van der Waals surface area contributed by atoms with E-state index in [-0.39, 0.29) is 16.3 Å². The van der Waals surface area contributed by atoms with E-state index >= 15 is 0 Å². The van der Waals surface area contributed by atoms with Gasteiger partial charge in [0.2, 0.25) is 0 Å². The van der Waals surface area contributed by atoms with Crippen LogP contribution in [0.3, 0.4) is 0 Å². The fraction of sp³-hybridized carbons (Fsp3) is 0.0667. The summed E-state index contributed by atoms with van der Waals surface area (Å²) in [6.07, 6.45) is 1.48. The van der Waals surface area contributed by atoms with Crippen LogP contribution in [0.15, 0.2) is 114 Å². The van der Waals surface area contributed by atoms with Crippen molar-refractivity contribution in [3.05, 3.63) is 126 Å². The van der Waals surface area contributed by atoms with Gasteiger partial charge in [-0.25, -0.2) is 0 Å². The van der Waals surface area contributed by atoms with E-state index in [1.165, 1.54) is 30.3 Å². The van der Waals surface area contributed by atoms with E-state index in [0.717, 1.165) is 5.56 Å². The Bertz CT molecular complexity index is 1580. The fourth-order valence-electron chi connectivity index (χ4n) is 3.48. The first kappa shape index (κ1) is 27.2. The van der Waals surface area contributed by atoms with Gasteiger partial charge in [0.15, 0.2) is 0 Å². The van der Waals surface area contributed by atoms with Gasteiger partial charge in [0.1, 0.15) is 22.1 Å². The number of carbonyl (C=O) groups is 2. The number of rotatable bonds is 9. The number of amides is 2. The zero-order valence-electron chi connectivity index (χ0n) is 21.3. The molecule has 0 atom stereocenters. The monoisotopic (exact) mass is 542 g/mol. The summed E-state index contributed by atoms with van der Waals surface area (Å²) < 4.78 is 35.6. The van der Waals surface area contributed by atoms with Crippen LogP contribution >= 0.6 is 0 Å². The maximum absolute atomic E-state index is 13.1. The lowest BCUT2D eigenvalue weighted by Gasteiger charge is -2.12. The van der Waals surface area contributed by atoms with Crippen molar-refractivity contribution in [1.82, 2.24) is 5.32 Å². The van der Waals surface area contributed by atoms with Crippen molar-refractivity contribution in [2.75, 3.05) is 12.4 Å². The molecule has 4 rings (SSSR count). The van der Waals surface area contributed by atoms with Crippen LogP contribution < -0.4 is 19.6 Å². The molecule has 4 aromatic carbocycles. The highest BCUT2D eigenvalue weighted by atomic mass is 32.2. The number of carbonyl (C=O) groups excluding carboxylic acids is 2. The average molecular weight is 543 g/mol. The molecule has 0 heterocycles. The van der Waals surface area contributed by atoms with Crippen LogP contribution in [-0.4, -0.2) is 27.3 Å². The third kappa shape index (κ3) is 7.33. The van der Waals surface area contributed by atoms with Crippen molar-refractivity contribution in [3.8, 4) is 11.5 Å². The van der Waals surface area contributed by atoms with Gasteiger partial charge in [-0.1, -0.05) is 48.0 Å². The highest BCUT2D eigenvalue weighted by Crippen LogP contribution is 2.21. The van der Waals surface area contributed by atoms with Crippen molar-refractivity contribution in [2.45, 2.75) is 11.8 Å². The average Bonchev–Trinajstić information content (AvgIpc) is 2.94. The molecule has 0 saturated carbocycles. The summed E-state index contributed by atoms with van der Waals surface area (Å²) in [5.74, 6) is -0.277. The maximum Gasteiger partial charge on any atom is 0.339 e. The largest absolute Gasteiger partial charge is 0.497 e. The number of hydrogen-bond donors (Lipinski definition) is 2. The van der Waals surface area contributed by atoms with Crippen molar-refractivity contribution < 1.29 is 26.9 Å². The lowest BCUT2D eigenvalue weighted by Crippen LogP contribution is -2.30. The van der Waals surface area contributed by atoms with Crippen LogP contribution in [0.5, 0.6) is 11.5 Å². The first-order valence-corrected chi connectivity index (χ1v) is 13.3. The third-order valence-corrected chi connectivity index (χ3v) is 6.84. The topological polar surface area (TPSA) is 111 Å². The van der Waals surface area contributed by atoms with Crippen LogP contribution in [0.2, 0.25) is 0 Å². The second-order valence-electron chi connectivity index (χ2n) is 8.48.